The lowest BCUT2D eigenvalue weighted by molar-refractivity contribution is 0.173. The first kappa shape index (κ1) is 13.5. The number of nitrogens with two attached hydrogens (primary N) is 1. The zero-order valence-electron chi connectivity index (χ0n) is 9.49. The normalized spacial score (nSPS) is 12.4. The summed E-state index contributed by atoms with van der Waals surface area (Å²) in [6.45, 7) is 1.30. The third kappa shape index (κ3) is 5.49. The minimum absolute atomic E-state index is 0.110. The standard InChI is InChI=1S/C12H18BrNO2/c1-15-9-11(14)3-2-8-16-12-6-4-10(13)5-7-12/h4-7,11H,2-3,8-9,14H2,1H3. The summed E-state index contributed by atoms with van der Waals surface area (Å²) < 4.78 is 11.6. The summed E-state index contributed by atoms with van der Waals surface area (Å²) in [6.07, 6.45) is 1.87. The van der Waals surface area contributed by atoms with Gasteiger partial charge in [-0.1, -0.05) is 15.9 Å². The lowest BCUT2D eigenvalue weighted by atomic mass is 10.2. The predicted octanol–water partition coefficient (Wildman–Crippen LogP) is 2.58. The quantitative estimate of drug-likeness (QED) is 0.784. The first-order valence-electron chi connectivity index (χ1n) is 5.35. The van der Waals surface area contributed by atoms with Crippen molar-refractivity contribution in [1.82, 2.24) is 0 Å². The zero-order chi connectivity index (χ0) is 11.8. The van der Waals surface area contributed by atoms with Gasteiger partial charge in [0.05, 0.1) is 13.2 Å². The molecule has 1 rings (SSSR count). The van der Waals surface area contributed by atoms with Crippen LogP contribution in [0.2, 0.25) is 0 Å². The minimum Gasteiger partial charge on any atom is -0.494 e. The molecule has 0 aliphatic heterocycles. The van der Waals surface area contributed by atoms with E-state index in [1.54, 1.807) is 7.11 Å². The summed E-state index contributed by atoms with van der Waals surface area (Å²) in [5.41, 5.74) is 5.80. The van der Waals surface area contributed by atoms with E-state index in [9.17, 15) is 0 Å². The van der Waals surface area contributed by atoms with Crippen LogP contribution in [0.5, 0.6) is 5.75 Å². The average Bonchev–Trinajstić information content (AvgIpc) is 2.27. The second-order valence-electron chi connectivity index (χ2n) is 3.66. The van der Waals surface area contributed by atoms with E-state index in [2.05, 4.69) is 15.9 Å². The Morgan fingerprint density at radius 1 is 1.31 bits per heavy atom. The van der Waals surface area contributed by atoms with Crippen molar-refractivity contribution in [2.75, 3.05) is 20.3 Å². The number of hydrogen-bond acceptors (Lipinski definition) is 3. The molecule has 1 unspecified atom stereocenters. The summed E-state index contributed by atoms with van der Waals surface area (Å²) >= 11 is 3.38. The molecule has 0 amide bonds. The summed E-state index contributed by atoms with van der Waals surface area (Å²) in [7, 11) is 1.66. The van der Waals surface area contributed by atoms with Gasteiger partial charge in [0, 0.05) is 17.6 Å². The molecule has 4 heteroatoms. The average molecular weight is 288 g/mol. The lowest BCUT2D eigenvalue weighted by Crippen LogP contribution is -2.25. The van der Waals surface area contributed by atoms with Crippen molar-refractivity contribution in [1.29, 1.82) is 0 Å². The van der Waals surface area contributed by atoms with Crippen LogP contribution in [-0.4, -0.2) is 26.4 Å². The molecule has 0 bridgehead atoms. The molecule has 0 aromatic heterocycles. The van der Waals surface area contributed by atoms with Gasteiger partial charge in [-0.05, 0) is 37.1 Å². The Kier molecular flexibility index (Phi) is 6.45. The molecule has 90 valence electrons. The fraction of sp³-hybridized carbons (Fsp3) is 0.500. The van der Waals surface area contributed by atoms with Crippen molar-refractivity contribution in [3.63, 3.8) is 0 Å². The number of halogens is 1. The van der Waals surface area contributed by atoms with Gasteiger partial charge in [0.25, 0.3) is 0 Å². The van der Waals surface area contributed by atoms with Crippen LogP contribution in [0.4, 0.5) is 0 Å². The van der Waals surface area contributed by atoms with Gasteiger partial charge >= 0.3 is 0 Å². The molecule has 2 N–H and O–H groups in total. The molecular weight excluding hydrogens is 270 g/mol. The zero-order valence-corrected chi connectivity index (χ0v) is 11.1. The van der Waals surface area contributed by atoms with Crippen LogP contribution >= 0.6 is 15.9 Å². The fourth-order valence-electron chi connectivity index (χ4n) is 1.36. The molecule has 1 aromatic carbocycles. The van der Waals surface area contributed by atoms with Crippen LogP contribution < -0.4 is 10.5 Å². The summed E-state index contributed by atoms with van der Waals surface area (Å²) in [6, 6.07) is 7.93. The van der Waals surface area contributed by atoms with Gasteiger partial charge in [0.15, 0.2) is 0 Å². The van der Waals surface area contributed by atoms with Gasteiger partial charge in [-0.2, -0.15) is 0 Å². The molecule has 0 aliphatic rings. The first-order valence-corrected chi connectivity index (χ1v) is 6.14. The van der Waals surface area contributed by atoms with E-state index in [0.29, 0.717) is 13.2 Å². The van der Waals surface area contributed by atoms with Gasteiger partial charge < -0.3 is 15.2 Å². The molecule has 3 nitrogen and oxygen atoms in total. The maximum Gasteiger partial charge on any atom is 0.119 e. The highest BCUT2D eigenvalue weighted by Gasteiger charge is 2.01. The van der Waals surface area contributed by atoms with Crippen LogP contribution in [0.3, 0.4) is 0 Å². The Balaban J connectivity index is 2.13. The number of hydrogen-bond donors (Lipinski definition) is 1. The van der Waals surface area contributed by atoms with Gasteiger partial charge in [-0.15, -0.1) is 0 Å². The molecule has 0 saturated heterocycles. The fourth-order valence-corrected chi connectivity index (χ4v) is 1.63. The largest absolute Gasteiger partial charge is 0.494 e. The van der Waals surface area contributed by atoms with E-state index in [-0.39, 0.29) is 6.04 Å². The van der Waals surface area contributed by atoms with Crippen LogP contribution in [-0.2, 0) is 4.74 Å². The van der Waals surface area contributed by atoms with Crippen LogP contribution in [0.15, 0.2) is 28.7 Å². The Bertz CT molecular complexity index is 290. The van der Waals surface area contributed by atoms with E-state index in [4.69, 9.17) is 15.2 Å². The molecule has 1 aromatic rings. The van der Waals surface area contributed by atoms with Crippen molar-refractivity contribution in [3.8, 4) is 5.75 Å². The lowest BCUT2D eigenvalue weighted by Gasteiger charge is -2.10. The predicted molar refractivity (Wildman–Crippen MR) is 68.7 cm³/mol. The molecule has 0 spiro atoms. The van der Waals surface area contributed by atoms with Gasteiger partial charge in [-0.3, -0.25) is 0 Å². The molecule has 1 atom stereocenters. The summed E-state index contributed by atoms with van der Waals surface area (Å²) in [4.78, 5) is 0. The van der Waals surface area contributed by atoms with Gasteiger partial charge in [0.1, 0.15) is 5.75 Å². The highest BCUT2D eigenvalue weighted by Crippen LogP contribution is 2.16. The third-order valence-electron chi connectivity index (χ3n) is 2.18. The van der Waals surface area contributed by atoms with Crippen molar-refractivity contribution >= 4 is 15.9 Å². The van der Waals surface area contributed by atoms with Gasteiger partial charge in [0.2, 0.25) is 0 Å². The second kappa shape index (κ2) is 7.65. The summed E-state index contributed by atoms with van der Waals surface area (Å²) in [5.74, 6) is 0.892. The summed E-state index contributed by atoms with van der Waals surface area (Å²) in [5, 5.41) is 0. The topological polar surface area (TPSA) is 44.5 Å². The number of benzene rings is 1. The molecule has 16 heavy (non-hydrogen) atoms. The van der Waals surface area contributed by atoms with Crippen molar-refractivity contribution in [3.05, 3.63) is 28.7 Å². The molecule has 0 radical (unpaired) electrons. The number of ether oxygens (including phenoxy) is 2. The maximum atomic E-state index is 5.80. The van der Waals surface area contributed by atoms with Crippen LogP contribution in [0.25, 0.3) is 0 Å². The Hall–Kier alpha value is -0.580. The molecule has 0 heterocycles. The molecular formula is C12H18BrNO2. The SMILES string of the molecule is COCC(N)CCCOc1ccc(Br)cc1. The van der Waals surface area contributed by atoms with Crippen molar-refractivity contribution in [2.24, 2.45) is 5.73 Å². The van der Waals surface area contributed by atoms with E-state index >= 15 is 0 Å². The Labute approximate surface area is 105 Å². The second-order valence-corrected chi connectivity index (χ2v) is 4.58. The van der Waals surface area contributed by atoms with E-state index < -0.39 is 0 Å². The van der Waals surface area contributed by atoms with Crippen molar-refractivity contribution < 1.29 is 9.47 Å². The minimum atomic E-state index is 0.110. The van der Waals surface area contributed by atoms with Crippen LogP contribution in [0.1, 0.15) is 12.8 Å². The number of methoxy groups -OCH3 is 1. The molecule has 0 fully saturated rings. The Morgan fingerprint density at radius 2 is 2.00 bits per heavy atom. The molecule has 0 saturated carbocycles. The van der Waals surface area contributed by atoms with Gasteiger partial charge in [-0.25, -0.2) is 0 Å². The Morgan fingerprint density at radius 3 is 2.62 bits per heavy atom. The first-order chi connectivity index (χ1) is 7.72. The van der Waals surface area contributed by atoms with E-state index in [1.807, 2.05) is 24.3 Å². The maximum absolute atomic E-state index is 5.80. The number of rotatable bonds is 7. The monoisotopic (exact) mass is 287 g/mol. The third-order valence-corrected chi connectivity index (χ3v) is 2.71. The van der Waals surface area contributed by atoms with Crippen LogP contribution in [0, 0.1) is 0 Å². The highest BCUT2D eigenvalue weighted by atomic mass is 79.9. The molecule has 0 aliphatic carbocycles. The highest BCUT2D eigenvalue weighted by molar-refractivity contribution is 9.10. The van der Waals surface area contributed by atoms with E-state index in [1.165, 1.54) is 0 Å². The van der Waals surface area contributed by atoms with E-state index in [0.717, 1.165) is 23.1 Å². The smallest absolute Gasteiger partial charge is 0.119 e. The van der Waals surface area contributed by atoms with Crippen molar-refractivity contribution in [2.45, 2.75) is 18.9 Å².